The smallest absolute Gasteiger partial charge is 0.273 e. The topological polar surface area (TPSA) is 55.0 Å². The van der Waals surface area contributed by atoms with Crippen molar-refractivity contribution in [3.63, 3.8) is 0 Å². The van der Waals surface area contributed by atoms with Gasteiger partial charge in [-0.1, -0.05) is 44.2 Å². The van der Waals surface area contributed by atoms with Gasteiger partial charge in [-0.2, -0.15) is 5.26 Å². The summed E-state index contributed by atoms with van der Waals surface area (Å²) in [4.78, 5) is 13.2. The van der Waals surface area contributed by atoms with Crippen LogP contribution in [0.3, 0.4) is 0 Å². The Morgan fingerprint density at radius 2 is 1.77 bits per heavy atom. The molecule has 0 radical (unpaired) electrons. The number of nitrogens with zero attached hydrogens (tertiary/aromatic N) is 2. The van der Waals surface area contributed by atoms with Gasteiger partial charge in [0.15, 0.2) is 0 Å². The number of fused-ring (bicyclic) bond motifs is 3. The summed E-state index contributed by atoms with van der Waals surface area (Å²) in [6, 6.07) is 19.4. The Morgan fingerprint density at radius 3 is 2.42 bits per heavy atom. The molecule has 0 atom stereocenters. The van der Waals surface area contributed by atoms with Crippen LogP contribution in [-0.2, 0) is 5.41 Å². The summed E-state index contributed by atoms with van der Waals surface area (Å²) in [6.45, 7) is 4.21. The van der Waals surface area contributed by atoms with Crippen molar-refractivity contribution in [1.82, 2.24) is 4.57 Å². The molecule has 1 aromatic heterocycles. The quantitative estimate of drug-likeness (QED) is 0.707. The normalized spacial score (nSPS) is 13.6. The lowest BCUT2D eigenvalue weighted by Crippen LogP contribution is -2.25. The third kappa shape index (κ3) is 2.11. The minimum atomic E-state index is -0.315. The summed E-state index contributed by atoms with van der Waals surface area (Å²) < 4.78 is 6.89. The minimum Gasteiger partial charge on any atom is -0.497 e. The van der Waals surface area contributed by atoms with E-state index in [1.165, 1.54) is 0 Å². The Balaban J connectivity index is 2.04. The lowest BCUT2D eigenvalue weighted by molar-refractivity contribution is 0.415. The second-order valence-corrected chi connectivity index (χ2v) is 6.94. The molecule has 2 aromatic carbocycles. The molecule has 4 heteroatoms. The molecular weight excluding hydrogens is 324 g/mol. The van der Waals surface area contributed by atoms with Gasteiger partial charge in [0.25, 0.3) is 5.56 Å². The summed E-state index contributed by atoms with van der Waals surface area (Å²) in [5.74, 6) is 0.734. The van der Waals surface area contributed by atoms with Gasteiger partial charge >= 0.3 is 0 Å². The van der Waals surface area contributed by atoms with Crippen LogP contribution in [-0.4, -0.2) is 11.7 Å². The van der Waals surface area contributed by atoms with Crippen LogP contribution in [0.5, 0.6) is 5.75 Å². The van der Waals surface area contributed by atoms with Gasteiger partial charge in [-0.15, -0.1) is 0 Å². The van der Waals surface area contributed by atoms with E-state index >= 15 is 0 Å². The molecule has 0 saturated heterocycles. The fourth-order valence-electron chi connectivity index (χ4n) is 3.75. The zero-order valence-electron chi connectivity index (χ0n) is 14.9. The summed E-state index contributed by atoms with van der Waals surface area (Å²) >= 11 is 0. The highest BCUT2D eigenvalue weighted by Gasteiger charge is 2.37. The highest BCUT2D eigenvalue weighted by molar-refractivity contribution is 5.73. The number of benzene rings is 2. The second kappa shape index (κ2) is 5.60. The molecule has 128 valence electrons. The molecule has 4 rings (SSSR count). The largest absolute Gasteiger partial charge is 0.497 e. The summed E-state index contributed by atoms with van der Waals surface area (Å²) in [6.07, 6.45) is 0. The van der Waals surface area contributed by atoms with E-state index in [0.717, 1.165) is 28.3 Å². The molecule has 0 amide bonds. The van der Waals surface area contributed by atoms with Crippen molar-refractivity contribution in [2.45, 2.75) is 19.3 Å². The SMILES string of the molecule is COc1ccc(-c2cc3n(c(=O)c2C#N)-c2ccccc2C3(C)C)cc1. The van der Waals surface area contributed by atoms with Crippen LogP contribution in [0.15, 0.2) is 59.4 Å². The molecule has 0 unspecified atom stereocenters. The van der Waals surface area contributed by atoms with Crippen LogP contribution < -0.4 is 10.3 Å². The van der Waals surface area contributed by atoms with E-state index in [4.69, 9.17) is 4.74 Å². The summed E-state index contributed by atoms with van der Waals surface area (Å²) in [7, 11) is 1.61. The van der Waals surface area contributed by atoms with E-state index in [9.17, 15) is 10.1 Å². The number of ether oxygens (including phenoxy) is 1. The van der Waals surface area contributed by atoms with Crippen molar-refractivity contribution in [3.05, 3.63) is 81.8 Å². The molecule has 0 bridgehead atoms. The van der Waals surface area contributed by atoms with E-state index in [1.54, 1.807) is 11.7 Å². The Bertz CT molecular complexity index is 1120. The number of hydrogen-bond acceptors (Lipinski definition) is 3. The molecule has 1 aliphatic rings. The molecule has 4 nitrogen and oxygen atoms in total. The Kier molecular flexibility index (Phi) is 3.48. The number of aromatic nitrogens is 1. The van der Waals surface area contributed by atoms with Crippen LogP contribution >= 0.6 is 0 Å². The monoisotopic (exact) mass is 342 g/mol. The van der Waals surface area contributed by atoms with E-state index in [0.29, 0.717) is 5.56 Å². The Hall–Kier alpha value is -3.32. The van der Waals surface area contributed by atoms with Gasteiger partial charge in [-0.25, -0.2) is 0 Å². The second-order valence-electron chi connectivity index (χ2n) is 6.94. The minimum absolute atomic E-state index is 0.159. The number of para-hydroxylation sites is 1. The van der Waals surface area contributed by atoms with Gasteiger partial charge in [0, 0.05) is 16.7 Å². The molecule has 0 N–H and O–H groups in total. The van der Waals surface area contributed by atoms with Crippen molar-refractivity contribution >= 4 is 0 Å². The maximum Gasteiger partial charge on any atom is 0.273 e. The summed E-state index contributed by atoms with van der Waals surface area (Å²) in [5.41, 5.74) is 3.91. The first-order valence-corrected chi connectivity index (χ1v) is 8.44. The van der Waals surface area contributed by atoms with Crippen molar-refractivity contribution < 1.29 is 4.74 Å². The first kappa shape index (κ1) is 16.2. The Labute approximate surface area is 151 Å². The molecule has 3 aromatic rings. The fourth-order valence-corrected chi connectivity index (χ4v) is 3.75. The first-order chi connectivity index (χ1) is 12.5. The first-order valence-electron chi connectivity index (χ1n) is 8.44. The average Bonchev–Trinajstić information content (AvgIpc) is 2.89. The molecule has 26 heavy (non-hydrogen) atoms. The van der Waals surface area contributed by atoms with Gasteiger partial charge in [0.2, 0.25) is 0 Å². The molecule has 2 heterocycles. The van der Waals surface area contributed by atoms with E-state index in [1.807, 2.05) is 54.6 Å². The van der Waals surface area contributed by atoms with Crippen LogP contribution in [0.25, 0.3) is 16.8 Å². The van der Waals surface area contributed by atoms with Crippen LogP contribution in [0.2, 0.25) is 0 Å². The van der Waals surface area contributed by atoms with Crippen LogP contribution in [0, 0.1) is 11.3 Å². The van der Waals surface area contributed by atoms with Crippen LogP contribution in [0.4, 0.5) is 0 Å². The highest BCUT2D eigenvalue weighted by Crippen LogP contribution is 2.42. The number of nitriles is 1. The van der Waals surface area contributed by atoms with Crippen molar-refractivity contribution in [1.29, 1.82) is 5.26 Å². The van der Waals surface area contributed by atoms with E-state index in [2.05, 4.69) is 19.9 Å². The third-order valence-electron chi connectivity index (χ3n) is 5.18. The van der Waals surface area contributed by atoms with Gasteiger partial charge < -0.3 is 4.74 Å². The van der Waals surface area contributed by atoms with E-state index < -0.39 is 0 Å². The molecule has 0 aliphatic carbocycles. The van der Waals surface area contributed by atoms with Gasteiger partial charge in [0.1, 0.15) is 17.4 Å². The lowest BCUT2D eigenvalue weighted by Gasteiger charge is -2.21. The van der Waals surface area contributed by atoms with E-state index in [-0.39, 0.29) is 16.5 Å². The molecule has 1 aliphatic heterocycles. The van der Waals surface area contributed by atoms with Crippen molar-refractivity contribution in [2.24, 2.45) is 0 Å². The number of rotatable bonds is 2. The lowest BCUT2D eigenvalue weighted by atomic mass is 9.82. The van der Waals surface area contributed by atoms with Gasteiger partial charge in [-0.3, -0.25) is 9.36 Å². The maximum absolute atomic E-state index is 13.2. The predicted octanol–water partition coefficient (Wildman–Crippen LogP) is 4.02. The number of pyridine rings is 1. The molecule has 0 spiro atoms. The maximum atomic E-state index is 13.2. The Morgan fingerprint density at radius 1 is 1.08 bits per heavy atom. The molecule has 0 saturated carbocycles. The standard InChI is InChI=1S/C22H18N2O2/c1-22(2)18-6-4-5-7-19(18)24-20(22)12-16(17(13-23)21(24)25)14-8-10-15(26-3)11-9-14/h4-12H,1-3H3. The van der Waals surface area contributed by atoms with Crippen molar-refractivity contribution in [3.8, 4) is 28.6 Å². The van der Waals surface area contributed by atoms with Gasteiger partial charge in [0.05, 0.1) is 12.8 Å². The number of methoxy groups -OCH3 is 1. The number of hydrogen-bond donors (Lipinski definition) is 0. The fraction of sp³-hybridized carbons (Fsp3) is 0.182. The highest BCUT2D eigenvalue weighted by atomic mass is 16.5. The third-order valence-corrected chi connectivity index (χ3v) is 5.18. The van der Waals surface area contributed by atoms with Crippen LogP contribution in [0.1, 0.15) is 30.7 Å². The molecular formula is C22H18N2O2. The van der Waals surface area contributed by atoms with Gasteiger partial charge in [-0.05, 0) is 35.4 Å². The zero-order chi connectivity index (χ0) is 18.5. The van der Waals surface area contributed by atoms with Crippen molar-refractivity contribution in [2.75, 3.05) is 7.11 Å². The average molecular weight is 342 g/mol. The molecule has 0 fully saturated rings. The zero-order valence-corrected chi connectivity index (χ0v) is 14.9. The predicted molar refractivity (Wildman–Crippen MR) is 101 cm³/mol. The summed E-state index contributed by atoms with van der Waals surface area (Å²) in [5, 5.41) is 9.68.